The van der Waals surface area contributed by atoms with Gasteiger partial charge >= 0.3 is 10.1 Å². The van der Waals surface area contributed by atoms with Gasteiger partial charge in [-0.2, -0.15) is 8.42 Å². The lowest BCUT2D eigenvalue weighted by Crippen LogP contribution is -2.15. The predicted octanol–water partition coefficient (Wildman–Crippen LogP) is 1.51. The number of oxime groups is 1. The van der Waals surface area contributed by atoms with Crippen LogP contribution in [0.25, 0.3) is 0 Å². The standard InChI is InChI=1S/C14H13NO4S/c1-9-13(15-19-20(2,16)17)12-8-7-10-5-3-4-6-11(10)14(12)18-9/h3-5,9,11H,6H2,1-2H3/b15-13+/t9?,11-/m1/s1. The summed E-state index contributed by atoms with van der Waals surface area (Å²) in [6.07, 6.45) is 7.43. The van der Waals surface area contributed by atoms with Crippen molar-refractivity contribution in [2.75, 3.05) is 6.26 Å². The second-order valence-electron chi connectivity index (χ2n) is 4.84. The molecule has 0 amide bonds. The molecular weight excluding hydrogens is 278 g/mol. The van der Waals surface area contributed by atoms with E-state index in [1.54, 1.807) is 6.92 Å². The van der Waals surface area contributed by atoms with Crippen LogP contribution in [0.4, 0.5) is 0 Å². The van der Waals surface area contributed by atoms with E-state index in [-0.39, 0.29) is 12.0 Å². The predicted molar refractivity (Wildman–Crippen MR) is 74.0 cm³/mol. The molecule has 5 nitrogen and oxygen atoms in total. The van der Waals surface area contributed by atoms with Gasteiger partial charge < -0.3 is 4.74 Å². The van der Waals surface area contributed by atoms with Gasteiger partial charge in [0.25, 0.3) is 0 Å². The molecule has 0 N–H and O–H groups in total. The van der Waals surface area contributed by atoms with Gasteiger partial charge in [0.15, 0.2) is 0 Å². The molecule has 0 aromatic carbocycles. The largest absolute Gasteiger partial charge is 0.487 e. The number of allylic oxidation sites excluding steroid dienone is 4. The molecule has 1 aliphatic heterocycles. The summed E-state index contributed by atoms with van der Waals surface area (Å²) >= 11 is 0. The molecule has 0 spiro atoms. The van der Waals surface area contributed by atoms with Gasteiger partial charge in [0, 0.05) is 5.57 Å². The molecule has 104 valence electrons. The highest BCUT2D eigenvalue weighted by Gasteiger charge is 2.37. The SMILES string of the molecule is CC1OC2=C(C#CC3=CC=CC[C@H]32)/C1=N/OS(C)(=O)=O. The van der Waals surface area contributed by atoms with E-state index in [0.717, 1.165) is 24.0 Å². The normalized spacial score (nSPS) is 29.1. The smallest absolute Gasteiger partial charge is 0.325 e. The van der Waals surface area contributed by atoms with E-state index in [2.05, 4.69) is 27.4 Å². The Balaban J connectivity index is 1.98. The Morgan fingerprint density at radius 2 is 2.25 bits per heavy atom. The maximum Gasteiger partial charge on any atom is 0.325 e. The van der Waals surface area contributed by atoms with Crippen molar-refractivity contribution in [1.29, 1.82) is 0 Å². The molecule has 0 bridgehead atoms. The topological polar surface area (TPSA) is 65.0 Å². The first-order valence-corrected chi connectivity index (χ1v) is 8.04. The summed E-state index contributed by atoms with van der Waals surface area (Å²) in [6, 6.07) is 0. The summed E-state index contributed by atoms with van der Waals surface area (Å²) in [5.41, 5.74) is 2.11. The molecule has 0 saturated heterocycles. The van der Waals surface area contributed by atoms with Crippen molar-refractivity contribution >= 4 is 15.8 Å². The molecule has 20 heavy (non-hydrogen) atoms. The van der Waals surface area contributed by atoms with E-state index in [9.17, 15) is 8.42 Å². The van der Waals surface area contributed by atoms with Crippen LogP contribution in [0.3, 0.4) is 0 Å². The van der Waals surface area contributed by atoms with Crippen molar-refractivity contribution in [3.63, 3.8) is 0 Å². The van der Waals surface area contributed by atoms with Crippen molar-refractivity contribution in [3.8, 4) is 11.8 Å². The van der Waals surface area contributed by atoms with E-state index in [0.29, 0.717) is 11.3 Å². The summed E-state index contributed by atoms with van der Waals surface area (Å²) in [4.78, 5) is 0. The number of ether oxygens (including phenoxy) is 1. The number of hydrogen-bond donors (Lipinski definition) is 0. The van der Waals surface area contributed by atoms with E-state index in [4.69, 9.17) is 4.74 Å². The van der Waals surface area contributed by atoms with Gasteiger partial charge in [-0.25, -0.2) is 0 Å². The molecule has 0 aromatic heterocycles. The van der Waals surface area contributed by atoms with E-state index in [1.165, 1.54) is 0 Å². The second-order valence-corrected chi connectivity index (χ2v) is 6.40. The van der Waals surface area contributed by atoms with E-state index >= 15 is 0 Å². The van der Waals surface area contributed by atoms with Gasteiger partial charge in [0.2, 0.25) is 0 Å². The molecule has 6 heteroatoms. The number of nitrogens with zero attached hydrogens (tertiary/aromatic N) is 1. The summed E-state index contributed by atoms with van der Waals surface area (Å²) in [5.74, 6) is 6.94. The lowest BCUT2D eigenvalue weighted by atomic mass is 9.85. The van der Waals surface area contributed by atoms with Crippen molar-refractivity contribution < 1.29 is 17.4 Å². The number of rotatable bonds is 2. The lowest BCUT2D eigenvalue weighted by Gasteiger charge is -2.21. The van der Waals surface area contributed by atoms with Crippen LogP contribution in [0.1, 0.15) is 13.3 Å². The molecule has 0 aromatic rings. The molecule has 1 unspecified atom stereocenters. The fourth-order valence-corrected chi connectivity index (χ4v) is 2.60. The molecular formula is C14H13NO4S. The third kappa shape index (κ3) is 2.25. The average molecular weight is 291 g/mol. The zero-order valence-electron chi connectivity index (χ0n) is 11.1. The van der Waals surface area contributed by atoms with Gasteiger partial charge in [-0.1, -0.05) is 35.2 Å². The molecule has 0 fully saturated rings. The van der Waals surface area contributed by atoms with Crippen LogP contribution in [0.15, 0.2) is 40.3 Å². The average Bonchev–Trinajstić information content (AvgIpc) is 2.71. The Bertz CT molecular complexity index is 744. The highest BCUT2D eigenvalue weighted by atomic mass is 32.2. The molecule has 3 rings (SSSR count). The number of fused-ring (bicyclic) bond motifs is 2. The number of hydrogen-bond acceptors (Lipinski definition) is 5. The minimum absolute atomic E-state index is 0.102. The summed E-state index contributed by atoms with van der Waals surface area (Å²) in [6.45, 7) is 1.80. The first-order chi connectivity index (χ1) is 9.46. The van der Waals surface area contributed by atoms with Crippen LogP contribution in [-0.4, -0.2) is 26.5 Å². The maximum absolute atomic E-state index is 11.0. The minimum atomic E-state index is -3.63. The van der Waals surface area contributed by atoms with Crippen LogP contribution >= 0.6 is 0 Å². The van der Waals surface area contributed by atoms with Gasteiger partial charge in [-0.05, 0) is 13.3 Å². The first kappa shape index (κ1) is 13.0. The van der Waals surface area contributed by atoms with E-state index < -0.39 is 10.1 Å². The van der Waals surface area contributed by atoms with Crippen LogP contribution in [-0.2, 0) is 19.1 Å². The second kappa shape index (κ2) is 4.53. The molecule has 2 atom stereocenters. The van der Waals surface area contributed by atoms with Gasteiger partial charge in [-0.3, -0.25) is 4.28 Å². The van der Waals surface area contributed by atoms with Crippen LogP contribution in [0.5, 0.6) is 0 Å². The summed E-state index contributed by atoms with van der Waals surface area (Å²) in [7, 11) is -3.63. The van der Waals surface area contributed by atoms with Crippen LogP contribution < -0.4 is 0 Å². The maximum atomic E-state index is 11.0. The Kier molecular flexibility index (Phi) is 2.94. The molecule has 0 saturated carbocycles. The van der Waals surface area contributed by atoms with Crippen molar-refractivity contribution in [1.82, 2.24) is 0 Å². The minimum Gasteiger partial charge on any atom is -0.487 e. The van der Waals surface area contributed by atoms with Crippen LogP contribution in [0.2, 0.25) is 0 Å². The molecule has 0 radical (unpaired) electrons. The fourth-order valence-electron chi connectivity index (χ4n) is 2.39. The van der Waals surface area contributed by atoms with Gasteiger partial charge in [0.05, 0.1) is 17.7 Å². The first-order valence-electron chi connectivity index (χ1n) is 6.22. The Morgan fingerprint density at radius 1 is 1.45 bits per heavy atom. The fraction of sp³-hybridized carbons (Fsp3) is 0.357. The third-order valence-corrected chi connectivity index (χ3v) is 3.62. The molecule has 1 heterocycles. The zero-order valence-corrected chi connectivity index (χ0v) is 11.9. The molecule has 3 aliphatic rings. The zero-order chi connectivity index (χ0) is 14.3. The quantitative estimate of drug-likeness (QED) is 0.571. The Morgan fingerprint density at radius 3 is 3.00 bits per heavy atom. The lowest BCUT2D eigenvalue weighted by molar-refractivity contribution is 0.171. The van der Waals surface area contributed by atoms with Crippen molar-refractivity contribution in [3.05, 3.63) is 35.1 Å². The van der Waals surface area contributed by atoms with Gasteiger partial charge in [0.1, 0.15) is 17.6 Å². The Labute approximate surface area is 117 Å². The Hall–Kier alpha value is -2.00. The van der Waals surface area contributed by atoms with Crippen molar-refractivity contribution in [2.45, 2.75) is 19.4 Å². The van der Waals surface area contributed by atoms with Crippen LogP contribution in [0, 0.1) is 17.8 Å². The molecule has 2 aliphatic carbocycles. The van der Waals surface area contributed by atoms with E-state index in [1.807, 2.05) is 12.2 Å². The van der Waals surface area contributed by atoms with Gasteiger partial charge in [-0.15, -0.1) is 0 Å². The third-order valence-electron chi connectivity index (χ3n) is 3.27. The highest BCUT2D eigenvalue weighted by molar-refractivity contribution is 7.85. The monoisotopic (exact) mass is 291 g/mol. The summed E-state index contributed by atoms with van der Waals surface area (Å²) < 4.78 is 32.4. The highest BCUT2D eigenvalue weighted by Crippen LogP contribution is 2.38. The van der Waals surface area contributed by atoms with Crippen molar-refractivity contribution in [2.24, 2.45) is 11.1 Å². The summed E-state index contributed by atoms with van der Waals surface area (Å²) in [5, 5.41) is 3.70.